The number of amides is 1. The van der Waals surface area contributed by atoms with E-state index in [-0.39, 0.29) is 17.0 Å². The minimum absolute atomic E-state index is 0.0758. The summed E-state index contributed by atoms with van der Waals surface area (Å²) in [5, 5.41) is 0.549. The number of methoxy groups -OCH3 is 1. The molecule has 4 nitrogen and oxygen atoms in total. The van der Waals surface area contributed by atoms with Gasteiger partial charge in [0.1, 0.15) is 16.4 Å². The van der Waals surface area contributed by atoms with Gasteiger partial charge in [-0.05, 0) is 85.5 Å². The van der Waals surface area contributed by atoms with Crippen molar-refractivity contribution < 1.29 is 13.9 Å². The van der Waals surface area contributed by atoms with Crippen molar-refractivity contribution in [2.24, 2.45) is 5.92 Å². The molecule has 1 aliphatic carbocycles. The first kappa shape index (κ1) is 26.6. The molecule has 1 aliphatic rings. The second kappa shape index (κ2) is 11.4. The summed E-state index contributed by atoms with van der Waals surface area (Å²) < 4.78 is 21.2. The highest BCUT2D eigenvalue weighted by Gasteiger charge is 2.32. The highest BCUT2D eigenvalue weighted by molar-refractivity contribution is 7.21. The molecule has 0 bridgehead atoms. The number of hydrogen-bond acceptors (Lipinski definition) is 4. The minimum Gasteiger partial charge on any atom is -0.496 e. The van der Waals surface area contributed by atoms with Gasteiger partial charge in [-0.2, -0.15) is 0 Å². The molecule has 0 unspecified atom stereocenters. The van der Waals surface area contributed by atoms with Crippen LogP contribution in [0.1, 0.15) is 59.8 Å². The highest BCUT2D eigenvalue weighted by atomic mass is 35.5. The number of aromatic nitrogens is 1. The van der Waals surface area contributed by atoms with Crippen LogP contribution < -0.4 is 4.74 Å². The third-order valence-electron chi connectivity index (χ3n) is 7.85. The summed E-state index contributed by atoms with van der Waals surface area (Å²) in [6, 6.07) is 13.2. The smallest absolute Gasteiger partial charge is 0.266 e. The molecule has 2 aromatic carbocycles. The number of rotatable bonds is 7. The molecule has 2 heterocycles. The Morgan fingerprint density at radius 3 is 2.50 bits per heavy atom. The Hall–Kier alpha value is -2.96. The van der Waals surface area contributed by atoms with Crippen LogP contribution in [0.5, 0.6) is 5.75 Å². The first-order valence-electron chi connectivity index (χ1n) is 13.2. The van der Waals surface area contributed by atoms with Crippen molar-refractivity contribution in [3.8, 4) is 16.9 Å². The lowest BCUT2D eigenvalue weighted by molar-refractivity contribution is 0.0591. The number of carbonyl (C=O) groups excluding carboxylic acids is 1. The summed E-state index contributed by atoms with van der Waals surface area (Å²) in [5.41, 5.74) is 3.91. The van der Waals surface area contributed by atoms with Crippen molar-refractivity contribution in [3.63, 3.8) is 0 Å². The number of halogens is 2. The summed E-state index contributed by atoms with van der Waals surface area (Å²) in [5.74, 6) is 0.878. The zero-order valence-electron chi connectivity index (χ0n) is 22.0. The molecule has 2 aromatic heterocycles. The Balaban J connectivity index is 1.56. The van der Waals surface area contributed by atoms with Crippen LogP contribution in [-0.4, -0.2) is 28.9 Å². The fourth-order valence-electron chi connectivity index (χ4n) is 5.57. The maximum absolute atomic E-state index is 14.8. The molecule has 0 N–H and O–H groups in total. The summed E-state index contributed by atoms with van der Waals surface area (Å²) in [6.45, 7) is 4.54. The van der Waals surface area contributed by atoms with E-state index in [0.717, 1.165) is 64.8 Å². The predicted octanol–water partition coefficient (Wildman–Crippen LogP) is 8.68. The minimum atomic E-state index is -0.396. The molecule has 0 radical (unpaired) electrons. The molecular formula is C31H32ClFN2O2S. The third-order valence-corrected chi connectivity index (χ3v) is 9.65. The average Bonchev–Trinajstić information content (AvgIpc) is 3.32. The Kier molecular flexibility index (Phi) is 8.01. The van der Waals surface area contributed by atoms with Crippen LogP contribution in [0.15, 0.2) is 54.9 Å². The number of benzene rings is 2. The van der Waals surface area contributed by atoms with Crippen LogP contribution >= 0.6 is 22.9 Å². The van der Waals surface area contributed by atoms with Crippen LogP contribution in [0.2, 0.25) is 5.02 Å². The van der Waals surface area contributed by atoms with Crippen LogP contribution in [0.25, 0.3) is 21.2 Å². The monoisotopic (exact) mass is 550 g/mol. The van der Waals surface area contributed by atoms with Crippen molar-refractivity contribution in [2.75, 3.05) is 7.11 Å². The van der Waals surface area contributed by atoms with E-state index in [9.17, 15) is 9.18 Å². The quantitative estimate of drug-likeness (QED) is 0.231. The van der Waals surface area contributed by atoms with E-state index < -0.39 is 5.82 Å². The van der Waals surface area contributed by atoms with Gasteiger partial charge in [0.05, 0.1) is 12.1 Å². The predicted molar refractivity (Wildman–Crippen MR) is 154 cm³/mol. The van der Waals surface area contributed by atoms with Gasteiger partial charge in [0.25, 0.3) is 5.91 Å². The second-order valence-electron chi connectivity index (χ2n) is 10.1. The SMILES string of the molecule is CCC1CCC(N(Cc2cc(-c3ccncc3)ccc2OC)C(=O)c2sc3c(C)ccc(F)c3c2Cl)CC1. The van der Waals surface area contributed by atoms with Crippen LogP contribution in [0.3, 0.4) is 0 Å². The molecule has 5 rings (SSSR count). The first-order valence-corrected chi connectivity index (χ1v) is 14.4. The summed E-state index contributed by atoms with van der Waals surface area (Å²) in [4.78, 5) is 20.7. The summed E-state index contributed by atoms with van der Waals surface area (Å²) in [6.07, 6.45) is 8.75. The van der Waals surface area contributed by atoms with Crippen molar-refractivity contribution in [1.29, 1.82) is 0 Å². The van der Waals surface area contributed by atoms with E-state index >= 15 is 0 Å². The number of nitrogens with zero attached hydrogens (tertiary/aromatic N) is 2. The number of pyridine rings is 1. The largest absolute Gasteiger partial charge is 0.496 e. The third kappa shape index (κ3) is 5.16. The van der Waals surface area contributed by atoms with E-state index in [4.69, 9.17) is 16.3 Å². The number of fused-ring (bicyclic) bond motifs is 1. The molecule has 198 valence electrons. The van der Waals surface area contributed by atoms with Crippen molar-refractivity contribution in [3.05, 3.63) is 81.7 Å². The van der Waals surface area contributed by atoms with Gasteiger partial charge in [-0.25, -0.2) is 4.39 Å². The van der Waals surface area contributed by atoms with Gasteiger partial charge < -0.3 is 9.64 Å². The first-order chi connectivity index (χ1) is 18.4. The van der Waals surface area contributed by atoms with Gasteiger partial charge in [0, 0.05) is 40.6 Å². The number of thiophene rings is 1. The second-order valence-corrected chi connectivity index (χ2v) is 11.5. The van der Waals surface area contributed by atoms with Gasteiger partial charge in [-0.3, -0.25) is 9.78 Å². The number of hydrogen-bond donors (Lipinski definition) is 0. The van der Waals surface area contributed by atoms with E-state index in [2.05, 4.69) is 18.0 Å². The lowest BCUT2D eigenvalue weighted by Crippen LogP contribution is -2.41. The van der Waals surface area contributed by atoms with Crippen molar-refractivity contribution in [2.45, 2.75) is 58.5 Å². The fourth-order valence-corrected chi connectivity index (χ4v) is 7.14. The highest BCUT2D eigenvalue weighted by Crippen LogP contribution is 2.41. The molecule has 1 fully saturated rings. The topological polar surface area (TPSA) is 42.4 Å². The molecule has 0 atom stereocenters. The molecule has 0 spiro atoms. The average molecular weight is 551 g/mol. The standard InChI is InChI=1S/C31H32ClFN2O2S/c1-4-20-6-9-24(10-7-20)35(31(36)30-28(32)27-25(33)11-5-19(2)29(27)38-30)18-23-17-22(8-12-26(23)37-3)21-13-15-34-16-14-21/h5,8,11-17,20,24H,4,6-7,9-10,18H2,1-3H3. The molecule has 4 aromatic rings. The Bertz CT molecular complexity index is 1450. The van der Waals surface area contributed by atoms with E-state index in [0.29, 0.717) is 22.7 Å². The lowest BCUT2D eigenvalue weighted by atomic mass is 9.83. The zero-order chi connectivity index (χ0) is 26.8. The molecule has 1 saturated carbocycles. The van der Waals surface area contributed by atoms with E-state index in [1.807, 2.05) is 36.1 Å². The Morgan fingerprint density at radius 2 is 1.84 bits per heavy atom. The normalized spacial score (nSPS) is 17.5. The molecule has 38 heavy (non-hydrogen) atoms. The fraction of sp³-hybridized carbons (Fsp3) is 0.355. The van der Waals surface area contributed by atoms with Gasteiger partial charge in [-0.15, -0.1) is 11.3 Å². The van der Waals surface area contributed by atoms with Gasteiger partial charge in [0.2, 0.25) is 0 Å². The Morgan fingerprint density at radius 1 is 1.11 bits per heavy atom. The molecular weight excluding hydrogens is 519 g/mol. The van der Waals surface area contributed by atoms with Gasteiger partial charge >= 0.3 is 0 Å². The lowest BCUT2D eigenvalue weighted by Gasteiger charge is -2.37. The van der Waals surface area contributed by atoms with Crippen molar-refractivity contribution in [1.82, 2.24) is 9.88 Å². The summed E-state index contributed by atoms with van der Waals surface area (Å²) in [7, 11) is 1.65. The molecule has 0 aliphatic heterocycles. The van der Waals surface area contributed by atoms with E-state index in [1.165, 1.54) is 17.4 Å². The van der Waals surface area contributed by atoms with Gasteiger partial charge in [-0.1, -0.05) is 37.1 Å². The molecule has 1 amide bonds. The molecule has 0 saturated heterocycles. The maximum Gasteiger partial charge on any atom is 0.266 e. The van der Waals surface area contributed by atoms with Crippen LogP contribution in [0.4, 0.5) is 4.39 Å². The zero-order valence-corrected chi connectivity index (χ0v) is 23.5. The summed E-state index contributed by atoms with van der Waals surface area (Å²) >= 11 is 8.01. The Labute approximate surface area is 232 Å². The van der Waals surface area contributed by atoms with Crippen LogP contribution in [0, 0.1) is 18.7 Å². The molecule has 7 heteroatoms. The van der Waals surface area contributed by atoms with Crippen LogP contribution in [-0.2, 0) is 6.54 Å². The number of ether oxygens (including phenoxy) is 1. The van der Waals surface area contributed by atoms with E-state index in [1.54, 1.807) is 25.6 Å². The number of aryl methyl sites for hydroxylation is 1. The maximum atomic E-state index is 14.8. The number of carbonyl (C=O) groups is 1. The van der Waals surface area contributed by atoms with Crippen molar-refractivity contribution >= 4 is 38.9 Å². The van der Waals surface area contributed by atoms with Gasteiger partial charge in [0.15, 0.2) is 0 Å².